The summed E-state index contributed by atoms with van der Waals surface area (Å²) in [5.41, 5.74) is 11.7. The van der Waals surface area contributed by atoms with E-state index in [0.29, 0.717) is 127 Å². The molecule has 0 fully saturated rings. The van der Waals surface area contributed by atoms with Gasteiger partial charge in [-0.05, 0) is 172 Å². The molecule has 0 saturated carbocycles. The van der Waals surface area contributed by atoms with Gasteiger partial charge in [0.05, 0.1) is 128 Å². The Bertz CT molecular complexity index is 6020. The number of aryl methyl sites for hydroxylation is 1. The second-order valence-electron chi connectivity index (χ2n) is 22.2. The Balaban J connectivity index is 1.13. The van der Waals surface area contributed by atoms with Crippen molar-refractivity contribution >= 4 is 89.1 Å². The molecule has 11 aromatic carbocycles. The summed E-state index contributed by atoms with van der Waals surface area (Å²) < 4.78 is 4.01. The first-order chi connectivity index (χ1) is 47.3. The average molecular weight is 1230 g/mol. The first-order valence-electron chi connectivity index (χ1n) is 29.0. The zero-order valence-corrected chi connectivity index (χ0v) is 50.4. The van der Waals surface area contributed by atoms with E-state index < -0.39 is 0 Å². The SMILES string of the molecule is [C-]#[N+]c1cc(C#N)c(-c2ccc3c(c2)c2cc(-c4c(C#N)cc(C#N)cc4[N+]#[C-])ccc2n3-c2ccc(-c3ccc(C)cc3[N+]#[C-])cc2-c2cc(-n3c4ccc(-c5c(C#N)cc(C#N)cc5[N+]#[C-])cc4c4cc(-c5c([N+]#[C-])cc(C#N)cc5[N+]#[C-])ccc43)ccc2[N+]#[C-])c([N+]#[C-])c1. The fourth-order valence-electron chi connectivity index (χ4n) is 12.9. The fraction of sp³-hybridized carbons (Fsp3) is 0.0123. The van der Waals surface area contributed by atoms with Crippen molar-refractivity contribution in [1.82, 2.24) is 9.13 Å². The Hall–Kier alpha value is -16.1. The molecule has 0 spiro atoms. The number of aromatic nitrogens is 2. The summed E-state index contributed by atoms with van der Waals surface area (Å²) in [6.45, 7) is 67.8. The van der Waals surface area contributed by atoms with E-state index in [1.165, 1.54) is 48.5 Å². The van der Waals surface area contributed by atoms with E-state index in [1.807, 2.05) is 119 Å². The molecule has 0 aliphatic rings. The molecule has 0 aliphatic heterocycles. The Kier molecular flexibility index (Phi) is 14.8. The van der Waals surface area contributed by atoms with Crippen molar-refractivity contribution in [2.24, 2.45) is 0 Å². The number of nitriles is 6. The van der Waals surface area contributed by atoms with Gasteiger partial charge in [0.25, 0.3) is 0 Å². The lowest BCUT2D eigenvalue weighted by molar-refractivity contribution is 1.17. The Labute approximate surface area is 554 Å². The molecule has 0 N–H and O–H groups in total. The van der Waals surface area contributed by atoms with Crippen molar-refractivity contribution in [3.63, 3.8) is 0 Å². The standard InChI is InChI=1S/C81H32N16/c1-45-10-17-59(67(24-45)90-4)49-11-19-75(97-76-22-13-51(79-55(43-86)26-47(40-83)28-69(79)92-6)34-64(76)65-35-52(14-23-77(65)97)80-56(44-87)31-57(88-2)37-72(80)95-9)61(32-49)60-38-58(16-18-66(60)89-3)96-73-20-12-50(78-54(42-85)25-46(39-82)27-68(78)91-5)33-62(73)63-36-53(15-21-74(63)96)81-70(93-7)29-48(41-84)30-71(81)94-8/h10-38H,1H3. The van der Waals surface area contributed by atoms with Gasteiger partial charge in [-0.2, -0.15) is 31.6 Å². The molecule has 16 heteroatoms. The summed E-state index contributed by atoms with van der Waals surface area (Å²) >= 11 is 0. The highest BCUT2D eigenvalue weighted by molar-refractivity contribution is 6.15. The third kappa shape index (κ3) is 9.75. The van der Waals surface area contributed by atoms with Crippen LogP contribution in [0.25, 0.3) is 161 Å². The molecule has 13 aromatic rings. The number of hydrogen-bond acceptors (Lipinski definition) is 6. The van der Waals surface area contributed by atoms with E-state index >= 15 is 0 Å². The lowest BCUT2D eigenvalue weighted by Crippen LogP contribution is -2.00. The van der Waals surface area contributed by atoms with Crippen LogP contribution < -0.4 is 0 Å². The van der Waals surface area contributed by atoms with Crippen molar-refractivity contribution in [1.29, 1.82) is 31.6 Å². The summed E-state index contributed by atoms with van der Waals surface area (Å²) in [5, 5.41) is 63.8. The predicted molar refractivity (Wildman–Crippen MR) is 371 cm³/mol. The van der Waals surface area contributed by atoms with Crippen LogP contribution in [0.15, 0.2) is 176 Å². The third-order valence-corrected chi connectivity index (χ3v) is 17.1. The molecule has 0 radical (unpaired) electrons. The van der Waals surface area contributed by atoms with Crippen molar-refractivity contribution in [3.8, 4) is 115 Å². The van der Waals surface area contributed by atoms with Crippen LogP contribution in [-0.2, 0) is 0 Å². The number of hydrogen-bond donors (Lipinski definition) is 0. The molecule has 0 amide bonds. The van der Waals surface area contributed by atoms with Gasteiger partial charge in [-0.15, -0.1) is 0 Å². The second-order valence-corrected chi connectivity index (χ2v) is 22.2. The van der Waals surface area contributed by atoms with Crippen molar-refractivity contribution in [2.45, 2.75) is 6.92 Å². The molecule has 2 heterocycles. The summed E-state index contributed by atoms with van der Waals surface area (Å²) in [7, 11) is 0. The number of benzene rings is 11. The van der Waals surface area contributed by atoms with Crippen molar-refractivity contribution in [2.75, 3.05) is 0 Å². The van der Waals surface area contributed by atoms with Crippen molar-refractivity contribution < 1.29 is 0 Å². The highest BCUT2D eigenvalue weighted by Gasteiger charge is 2.26. The maximum Gasteiger partial charge on any atom is 0.197 e. The van der Waals surface area contributed by atoms with Gasteiger partial charge in [-0.25, -0.2) is 38.8 Å². The average Bonchev–Trinajstić information content (AvgIpc) is 1.60. The Morgan fingerprint density at radius 3 is 1.12 bits per heavy atom. The topological polar surface area (TPSA) is 187 Å². The smallest absolute Gasteiger partial charge is 0.197 e. The van der Waals surface area contributed by atoms with Gasteiger partial charge in [-0.1, -0.05) is 66.2 Å². The van der Waals surface area contributed by atoms with E-state index in [9.17, 15) is 31.6 Å². The maximum absolute atomic E-state index is 10.6. The molecule has 0 unspecified atom stereocenters. The van der Waals surface area contributed by atoms with E-state index in [2.05, 4.69) is 63.0 Å². The molecule has 16 nitrogen and oxygen atoms in total. The Morgan fingerprint density at radius 1 is 0.289 bits per heavy atom. The second kappa shape index (κ2) is 24.0. The van der Waals surface area contributed by atoms with Crippen LogP contribution in [0, 0.1) is 127 Å². The minimum absolute atomic E-state index is 0.0755. The fourth-order valence-corrected chi connectivity index (χ4v) is 12.9. The largest absolute Gasteiger partial charge is 0.309 e. The van der Waals surface area contributed by atoms with E-state index in [-0.39, 0.29) is 73.2 Å². The van der Waals surface area contributed by atoms with E-state index in [0.717, 1.165) is 5.56 Å². The van der Waals surface area contributed by atoms with Crippen LogP contribution >= 0.6 is 0 Å². The molecule has 0 bridgehead atoms. The van der Waals surface area contributed by atoms with Crippen molar-refractivity contribution in [3.05, 3.63) is 306 Å². The normalized spacial score (nSPS) is 10.4. The van der Waals surface area contributed by atoms with Crippen LogP contribution in [0.3, 0.4) is 0 Å². The molecule has 13 rings (SSSR count). The number of nitrogens with zero attached hydrogens (tertiary/aromatic N) is 16. The Morgan fingerprint density at radius 2 is 0.691 bits per heavy atom. The van der Waals surface area contributed by atoms with Gasteiger partial charge < -0.3 is 9.13 Å². The lowest BCUT2D eigenvalue weighted by Gasteiger charge is -2.19. The maximum atomic E-state index is 10.6. The van der Waals surface area contributed by atoms with Gasteiger partial charge in [0.15, 0.2) is 45.5 Å². The van der Waals surface area contributed by atoms with Crippen LogP contribution in [0.5, 0.6) is 0 Å². The molecule has 0 saturated heterocycles. The van der Waals surface area contributed by atoms with E-state index in [4.69, 9.17) is 52.6 Å². The molecule has 2 aromatic heterocycles. The zero-order chi connectivity index (χ0) is 67.9. The van der Waals surface area contributed by atoms with Crippen LogP contribution in [0.1, 0.15) is 38.9 Å². The quantitative estimate of drug-likeness (QED) is 0.136. The van der Waals surface area contributed by atoms with Crippen LogP contribution in [0.4, 0.5) is 45.5 Å². The molecule has 436 valence electrons. The summed E-state index contributed by atoms with van der Waals surface area (Å²) in [5.74, 6) is 0. The monoisotopic (exact) mass is 1230 g/mol. The predicted octanol–water partition coefficient (Wildman–Crippen LogP) is 21.8. The molecule has 0 aliphatic carbocycles. The minimum Gasteiger partial charge on any atom is -0.309 e. The summed E-state index contributed by atoms with van der Waals surface area (Å²) in [6, 6.07) is 62.9. The van der Waals surface area contributed by atoms with Gasteiger partial charge >= 0.3 is 0 Å². The minimum atomic E-state index is 0.0755. The van der Waals surface area contributed by atoms with Gasteiger partial charge in [-0.3, -0.25) is 0 Å². The zero-order valence-electron chi connectivity index (χ0n) is 50.4. The summed E-state index contributed by atoms with van der Waals surface area (Å²) in [4.78, 5) is 30.4. The lowest BCUT2D eigenvalue weighted by atomic mass is 9.94. The molecular formula is C81H32N16. The summed E-state index contributed by atoms with van der Waals surface area (Å²) in [6.07, 6.45) is 0. The first kappa shape index (κ1) is 59.8. The molecule has 97 heavy (non-hydrogen) atoms. The molecule has 0 atom stereocenters. The van der Waals surface area contributed by atoms with Crippen LogP contribution in [0.2, 0.25) is 0 Å². The van der Waals surface area contributed by atoms with Gasteiger partial charge in [0.2, 0.25) is 0 Å². The highest BCUT2D eigenvalue weighted by atomic mass is 15.0. The number of rotatable bonds is 8. The third-order valence-electron chi connectivity index (χ3n) is 17.1. The van der Waals surface area contributed by atoms with Crippen LogP contribution in [-0.4, -0.2) is 9.13 Å². The molecular weight excluding hydrogens is 1200 g/mol. The van der Waals surface area contributed by atoms with Gasteiger partial charge in [0, 0.05) is 66.2 Å². The highest BCUT2D eigenvalue weighted by Crippen LogP contribution is 2.50. The van der Waals surface area contributed by atoms with E-state index in [1.54, 1.807) is 36.4 Å². The van der Waals surface area contributed by atoms with Gasteiger partial charge in [0.1, 0.15) is 0 Å². The number of fused-ring (bicyclic) bond motifs is 6. The first-order valence-corrected chi connectivity index (χ1v) is 29.0.